The van der Waals surface area contributed by atoms with Crippen molar-refractivity contribution in [1.82, 2.24) is 5.32 Å². The van der Waals surface area contributed by atoms with Gasteiger partial charge in [-0.1, -0.05) is 67.5 Å². The Hall–Kier alpha value is -3.29. The molecule has 50 heavy (non-hydrogen) atoms. The highest BCUT2D eigenvalue weighted by Gasteiger charge is 2.67. The molecule has 0 aliphatic heterocycles. The highest BCUT2D eigenvalue weighted by molar-refractivity contribution is 6.07. The second-order valence-electron chi connectivity index (χ2n) is 18.6. The molecule has 8 heteroatoms. The van der Waals surface area contributed by atoms with Gasteiger partial charge in [-0.25, -0.2) is 4.79 Å². The van der Waals surface area contributed by atoms with Crippen LogP contribution in [0.5, 0.6) is 0 Å². The molecule has 6 rings (SSSR count). The highest BCUT2D eigenvalue weighted by Crippen LogP contribution is 2.72. The van der Waals surface area contributed by atoms with Crippen LogP contribution >= 0.6 is 0 Å². The molecule has 0 bridgehead atoms. The van der Waals surface area contributed by atoms with E-state index in [1.54, 1.807) is 32.0 Å². The molecule has 8 atom stereocenters. The van der Waals surface area contributed by atoms with E-state index in [0.717, 1.165) is 62.4 Å². The third kappa shape index (κ3) is 5.67. The molecule has 5 aliphatic rings. The molecule has 272 valence electrons. The topological polar surface area (TPSA) is 127 Å². The van der Waals surface area contributed by atoms with Crippen LogP contribution in [0, 0.1) is 51.2 Å². The number of nitrogens with one attached hydrogen (secondary N) is 1. The number of ketones is 1. The van der Waals surface area contributed by atoms with Crippen molar-refractivity contribution in [2.24, 2.45) is 51.2 Å². The largest absolute Gasteiger partial charge is 0.478 e. The zero-order valence-electron chi connectivity index (χ0n) is 31.3. The Morgan fingerprint density at radius 2 is 1.60 bits per heavy atom. The van der Waals surface area contributed by atoms with Crippen LogP contribution in [0.1, 0.15) is 140 Å². The summed E-state index contributed by atoms with van der Waals surface area (Å²) < 4.78 is 6.17. The Bertz CT molecular complexity index is 1640. The predicted molar refractivity (Wildman–Crippen MR) is 190 cm³/mol. The maximum atomic E-state index is 13.9. The van der Waals surface area contributed by atoms with Crippen LogP contribution in [0.15, 0.2) is 35.4 Å². The second kappa shape index (κ2) is 12.4. The lowest BCUT2D eigenvalue weighted by molar-refractivity contribution is -0.213. The second-order valence-corrected chi connectivity index (χ2v) is 18.6. The Morgan fingerprint density at radius 3 is 2.24 bits per heavy atom. The Kier molecular flexibility index (Phi) is 9.08. The summed E-state index contributed by atoms with van der Waals surface area (Å²) in [6.07, 6.45) is 8.39. The Morgan fingerprint density at radius 1 is 0.940 bits per heavy atom. The summed E-state index contributed by atoms with van der Waals surface area (Å²) in [7, 11) is 0. The van der Waals surface area contributed by atoms with Crippen LogP contribution in [0.3, 0.4) is 0 Å². The predicted octanol–water partition coefficient (Wildman–Crippen LogP) is 7.98. The number of carboxylic acids is 1. The molecule has 0 saturated heterocycles. The summed E-state index contributed by atoms with van der Waals surface area (Å²) >= 11 is 0. The Balaban J connectivity index is 1.29. The molecular formula is C42H57NO7. The molecule has 1 amide bonds. The average molecular weight is 688 g/mol. The summed E-state index contributed by atoms with van der Waals surface area (Å²) in [5, 5.41) is 13.1. The van der Waals surface area contributed by atoms with E-state index in [-0.39, 0.29) is 69.9 Å². The van der Waals surface area contributed by atoms with Crippen molar-refractivity contribution >= 4 is 29.9 Å². The molecule has 0 spiro atoms. The number of aromatic carboxylic acids is 1. The Labute approximate surface area is 297 Å². The minimum Gasteiger partial charge on any atom is -0.478 e. The minimum atomic E-state index is -1.15. The lowest BCUT2D eigenvalue weighted by Gasteiger charge is -2.68. The number of carbonyl (C=O) groups is 5. The number of allylic oxidation sites excluding steroid dienone is 1. The highest BCUT2D eigenvalue weighted by atomic mass is 16.5. The van der Waals surface area contributed by atoms with E-state index in [9.17, 15) is 29.1 Å². The number of ether oxygens (including phenoxy) is 1. The molecule has 5 aliphatic carbocycles. The van der Waals surface area contributed by atoms with Crippen LogP contribution in [0.25, 0.3) is 0 Å². The maximum Gasteiger partial charge on any atom is 0.336 e. The van der Waals surface area contributed by atoms with Crippen LogP contribution in [-0.4, -0.2) is 46.7 Å². The zero-order valence-corrected chi connectivity index (χ0v) is 31.3. The minimum absolute atomic E-state index is 0.0241. The van der Waals surface area contributed by atoms with E-state index in [1.807, 2.05) is 0 Å². The van der Waals surface area contributed by atoms with E-state index < -0.39 is 22.8 Å². The van der Waals surface area contributed by atoms with Gasteiger partial charge in [-0.2, -0.15) is 0 Å². The van der Waals surface area contributed by atoms with E-state index in [0.29, 0.717) is 24.2 Å². The van der Waals surface area contributed by atoms with Crippen LogP contribution in [0.4, 0.5) is 0 Å². The standard InChI is InChI=1S/C42H57NO7/c1-24(2)34-29(45)21-42(43-36(47)25-11-9-10-12-26(25)37(48)49)20-15-28-27(35(34)42)13-14-31-40(28,7)18-16-30-39(5,6)32(17-19-41(30,31)8)50-33(46)22-38(3,4)23-44/h9-12,23-24,27-28,30-32H,13-22H2,1-8H3,(H,43,47)(H,48,49). The molecule has 1 aromatic carbocycles. The van der Waals surface area contributed by atoms with Gasteiger partial charge in [0.2, 0.25) is 0 Å². The number of rotatable bonds is 8. The molecule has 0 aromatic heterocycles. The third-order valence-electron chi connectivity index (χ3n) is 14.5. The smallest absolute Gasteiger partial charge is 0.336 e. The first-order chi connectivity index (χ1) is 23.3. The fourth-order valence-corrected chi connectivity index (χ4v) is 12.4. The number of benzene rings is 1. The summed E-state index contributed by atoms with van der Waals surface area (Å²) in [4.78, 5) is 64.3. The molecule has 4 saturated carbocycles. The van der Waals surface area contributed by atoms with Gasteiger partial charge >= 0.3 is 11.9 Å². The monoisotopic (exact) mass is 687 g/mol. The number of carbonyl (C=O) groups excluding carboxylic acids is 4. The van der Waals surface area contributed by atoms with Crippen molar-refractivity contribution in [3.63, 3.8) is 0 Å². The first-order valence-corrected chi connectivity index (χ1v) is 18.9. The molecular weight excluding hydrogens is 630 g/mol. The van der Waals surface area contributed by atoms with Gasteiger partial charge in [-0.3, -0.25) is 14.4 Å². The lowest BCUT2D eigenvalue weighted by atomic mass is 9.37. The van der Waals surface area contributed by atoms with Crippen molar-refractivity contribution in [3.05, 3.63) is 46.5 Å². The number of fused-ring (bicyclic) bond motifs is 7. The molecule has 8 nitrogen and oxygen atoms in total. The SMILES string of the molecule is CC(C)C1=C2C3CCC4C(C)(CCC5C(C)(C)C(OC(=O)CC(C)(C)C=O)CCC54C)C3CCC2(NC(=O)c2ccccc2C(=O)O)CC1=O. The van der Waals surface area contributed by atoms with Crippen LogP contribution in [-0.2, 0) is 19.1 Å². The summed E-state index contributed by atoms with van der Waals surface area (Å²) in [5.74, 6) is -0.341. The van der Waals surface area contributed by atoms with Gasteiger partial charge in [0.25, 0.3) is 5.91 Å². The normalized spacial score (nSPS) is 36.1. The molecule has 2 N–H and O–H groups in total. The average Bonchev–Trinajstić information content (AvgIpc) is 3.33. The quantitative estimate of drug-likeness (QED) is 0.210. The van der Waals surface area contributed by atoms with Gasteiger partial charge in [0.1, 0.15) is 12.4 Å². The fraction of sp³-hybridized carbons (Fsp3) is 0.690. The van der Waals surface area contributed by atoms with Gasteiger partial charge in [0.15, 0.2) is 5.78 Å². The number of carboxylic acid groups (broad SMARTS) is 1. The van der Waals surface area contributed by atoms with E-state index >= 15 is 0 Å². The van der Waals surface area contributed by atoms with Gasteiger partial charge in [0, 0.05) is 17.3 Å². The van der Waals surface area contributed by atoms with E-state index in [2.05, 4.69) is 46.9 Å². The van der Waals surface area contributed by atoms with Crippen molar-refractivity contribution in [1.29, 1.82) is 0 Å². The van der Waals surface area contributed by atoms with Crippen molar-refractivity contribution in [3.8, 4) is 0 Å². The third-order valence-corrected chi connectivity index (χ3v) is 14.5. The number of hydrogen-bond donors (Lipinski definition) is 2. The zero-order chi connectivity index (χ0) is 36.6. The van der Waals surface area contributed by atoms with Crippen LogP contribution < -0.4 is 5.32 Å². The molecule has 0 radical (unpaired) electrons. The lowest BCUT2D eigenvalue weighted by Crippen LogP contribution is -2.64. The summed E-state index contributed by atoms with van der Waals surface area (Å²) in [6.45, 7) is 17.2. The van der Waals surface area contributed by atoms with Gasteiger partial charge in [0.05, 0.1) is 23.1 Å². The molecule has 4 fully saturated rings. The van der Waals surface area contributed by atoms with E-state index in [4.69, 9.17) is 4.74 Å². The first-order valence-electron chi connectivity index (χ1n) is 18.9. The van der Waals surface area contributed by atoms with Crippen molar-refractivity contribution in [2.45, 2.75) is 131 Å². The van der Waals surface area contributed by atoms with Crippen LogP contribution in [0.2, 0.25) is 0 Å². The fourth-order valence-electron chi connectivity index (χ4n) is 12.4. The number of amides is 1. The number of esters is 1. The van der Waals surface area contributed by atoms with Gasteiger partial charge < -0.3 is 20.0 Å². The van der Waals surface area contributed by atoms with E-state index in [1.165, 1.54) is 6.07 Å². The summed E-state index contributed by atoms with van der Waals surface area (Å²) in [6, 6.07) is 6.31. The molecule has 0 heterocycles. The number of Topliss-reactive ketones (excluding diaryl/α,β-unsaturated/α-hetero) is 1. The molecule has 8 unspecified atom stereocenters. The van der Waals surface area contributed by atoms with Crippen molar-refractivity contribution in [2.75, 3.05) is 0 Å². The maximum absolute atomic E-state index is 13.9. The van der Waals surface area contributed by atoms with Gasteiger partial charge in [-0.15, -0.1) is 0 Å². The summed E-state index contributed by atoms with van der Waals surface area (Å²) in [5.41, 5.74) is 0.441. The molecule has 1 aromatic rings. The van der Waals surface area contributed by atoms with Gasteiger partial charge in [-0.05, 0) is 115 Å². The first kappa shape index (κ1) is 36.5. The van der Waals surface area contributed by atoms with Crippen molar-refractivity contribution < 1.29 is 33.8 Å². The number of aldehydes is 1. The number of hydrogen-bond acceptors (Lipinski definition) is 6.